The fraction of sp³-hybridized carbons (Fsp3) is 0.667. The van der Waals surface area contributed by atoms with E-state index in [1.54, 1.807) is 0 Å². The number of halogens is 2. The van der Waals surface area contributed by atoms with E-state index in [4.69, 9.17) is 10.2 Å². The van der Waals surface area contributed by atoms with Crippen molar-refractivity contribution in [3.8, 4) is 0 Å². The summed E-state index contributed by atoms with van der Waals surface area (Å²) in [6.45, 7) is 5.12. The third-order valence-corrected chi connectivity index (χ3v) is 5.06. The highest BCUT2D eigenvalue weighted by Gasteiger charge is 2.26. The van der Waals surface area contributed by atoms with Gasteiger partial charge in [-0.1, -0.05) is 6.92 Å². The zero-order valence-electron chi connectivity index (χ0n) is 9.96. The van der Waals surface area contributed by atoms with Crippen LogP contribution in [0.4, 0.5) is 0 Å². The van der Waals surface area contributed by atoms with Crippen LogP contribution in [0.5, 0.6) is 0 Å². The van der Waals surface area contributed by atoms with Gasteiger partial charge < -0.3 is 10.2 Å². The van der Waals surface area contributed by atoms with Crippen molar-refractivity contribution in [2.24, 2.45) is 11.7 Å². The molecule has 2 rings (SSSR count). The van der Waals surface area contributed by atoms with Crippen molar-refractivity contribution in [3.05, 3.63) is 21.0 Å². The van der Waals surface area contributed by atoms with Crippen LogP contribution < -0.4 is 5.73 Å². The maximum absolute atomic E-state index is 5.91. The molecule has 2 heterocycles. The number of nitrogens with zero attached hydrogens (tertiary/aromatic N) is 1. The van der Waals surface area contributed by atoms with Gasteiger partial charge >= 0.3 is 0 Å². The van der Waals surface area contributed by atoms with E-state index in [9.17, 15) is 0 Å². The van der Waals surface area contributed by atoms with Gasteiger partial charge in [0, 0.05) is 13.1 Å². The van der Waals surface area contributed by atoms with Crippen molar-refractivity contribution in [2.45, 2.75) is 25.8 Å². The molecule has 17 heavy (non-hydrogen) atoms. The number of furan rings is 1. The number of rotatable bonds is 3. The number of likely N-dealkylation sites (tertiary alicyclic amines) is 1. The van der Waals surface area contributed by atoms with Crippen LogP contribution in [-0.2, 0) is 0 Å². The molecule has 1 saturated heterocycles. The average Bonchev–Trinajstić information content (AvgIpc) is 2.60. The quantitative estimate of drug-likeness (QED) is 0.890. The lowest BCUT2D eigenvalue weighted by Crippen LogP contribution is -2.40. The molecule has 1 fully saturated rings. The Morgan fingerprint density at radius 1 is 1.59 bits per heavy atom. The minimum absolute atomic E-state index is 0.195. The maximum atomic E-state index is 5.91. The summed E-state index contributed by atoms with van der Waals surface area (Å²) < 4.78 is 7.40. The van der Waals surface area contributed by atoms with Crippen molar-refractivity contribution in [2.75, 3.05) is 19.6 Å². The number of nitrogens with two attached hydrogens (primary N) is 1. The van der Waals surface area contributed by atoms with Gasteiger partial charge in [-0.2, -0.15) is 0 Å². The summed E-state index contributed by atoms with van der Waals surface area (Å²) in [6.07, 6.45) is 2.57. The first-order chi connectivity index (χ1) is 8.11. The first-order valence-corrected chi connectivity index (χ1v) is 7.59. The van der Waals surface area contributed by atoms with Gasteiger partial charge in [-0.3, -0.25) is 4.90 Å². The first-order valence-electron chi connectivity index (χ1n) is 6.00. The molecule has 1 aromatic rings. The summed E-state index contributed by atoms with van der Waals surface area (Å²) in [5.41, 5.74) is 5.91. The molecule has 2 unspecified atom stereocenters. The third-order valence-electron chi connectivity index (χ3n) is 3.35. The van der Waals surface area contributed by atoms with Crippen LogP contribution in [0.1, 0.15) is 31.6 Å². The minimum atomic E-state index is 0.195. The van der Waals surface area contributed by atoms with Gasteiger partial charge in [0.25, 0.3) is 0 Å². The van der Waals surface area contributed by atoms with Crippen LogP contribution in [0.2, 0.25) is 0 Å². The Balaban J connectivity index is 2.15. The highest BCUT2D eigenvalue weighted by molar-refractivity contribution is 9.13. The molecule has 1 aliphatic rings. The molecule has 2 N–H and O–H groups in total. The second kappa shape index (κ2) is 5.87. The molecule has 0 bridgehead atoms. The van der Waals surface area contributed by atoms with Gasteiger partial charge in [0.2, 0.25) is 0 Å². The lowest BCUT2D eigenvalue weighted by molar-refractivity contribution is 0.119. The Morgan fingerprint density at radius 3 is 2.88 bits per heavy atom. The lowest BCUT2D eigenvalue weighted by Gasteiger charge is -2.35. The molecule has 0 aliphatic carbocycles. The van der Waals surface area contributed by atoms with Crippen LogP contribution in [0.25, 0.3) is 0 Å². The summed E-state index contributed by atoms with van der Waals surface area (Å²) in [5.74, 6) is 1.69. The monoisotopic (exact) mass is 364 g/mol. The summed E-state index contributed by atoms with van der Waals surface area (Å²) in [7, 11) is 0. The molecule has 1 aliphatic heterocycles. The molecule has 0 radical (unpaired) electrons. The predicted molar refractivity (Wildman–Crippen MR) is 75.9 cm³/mol. The van der Waals surface area contributed by atoms with E-state index in [0.29, 0.717) is 6.54 Å². The number of hydrogen-bond donors (Lipinski definition) is 1. The van der Waals surface area contributed by atoms with Crippen LogP contribution in [0.3, 0.4) is 0 Å². The van der Waals surface area contributed by atoms with Crippen molar-refractivity contribution in [1.29, 1.82) is 0 Å². The van der Waals surface area contributed by atoms with E-state index in [1.807, 2.05) is 6.07 Å². The lowest BCUT2D eigenvalue weighted by atomic mass is 9.98. The molecule has 2 atom stereocenters. The molecule has 96 valence electrons. The largest absolute Gasteiger partial charge is 0.451 e. The van der Waals surface area contributed by atoms with Crippen molar-refractivity contribution in [3.63, 3.8) is 0 Å². The first kappa shape index (κ1) is 13.6. The van der Waals surface area contributed by atoms with Crippen LogP contribution >= 0.6 is 31.9 Å². The second-order valence-corrected chi connectivity index (χ2v) is 6.34. The summed E-state index contributed by atoms with van der Waals surface area (Å²) in [6, 6.07) is 2.21. The highest BCUT2D eigenvalue weighted by atomic mass is 79.9. The molecular weight excluding hydrogens is 348 g/mol. The Bertz CT molecular complexity index is 361. The standard InChI is InChI=1S/C12H18Br2N2O/c1-8-3-2-4-16(7-8)10(6-15)11-5-9(13)12(14)17-11/h5,8,10H,2-4,6-7,15H2,1H3. The van der Waals surface area contributed by atoms with Crippen molar-refractivity contribution in [1.82, 2.24) is 4.90 Å². The zero-order chi connectivity index (χ0) is 12.4. The fourth-order valence-electron chi connectivity index (χ4n) is 2.48. The zero-order valence-corrected chi connectivity index (χ0v) is 13.1. The van der Waals surface area contributed by atoms with Gasteiger partial charge in [-0.15, -0.1) is 0 Å². The van der Waals surface area contributed by atoms with Gasteiger partial charge in [0.1, 0.15) is 5.76 Å². The van der Waals surface area contributed by atoms with E-state index in [-0.39, 0.29) is 6.04 Å². The van der Waals surface area contributed by atoms with Crippen LogP contribution in [-0.4, -0.2) is 24.5 Å². The summed E-state index contributed by atoms with van der Waals surface area (Å²) >= 11 is 6.83. The molecule has 3 nitrogen and oxygen atoms in total. The van der Waals surface area contributed by atoms with Crippen LogP contribution in [0, 0.1) is 5.92 Å². The maximum Gasteiger partial charge on any atom is 0.183 e. The van der Waals surface area contributed by atoms with E-state index in [1.165, 1.54) is 12.8 Å². The summed E-state index contributed by atoms with van der Waals surface area (Å²) in [5, 5.41) is 0. The predicted octanol–water partition coefficient (Wildman–Crippen LogP) is 3.54. The Hall–Kier alpha value is 0.160. The van der Waals surface area contributed by atoms with E-state index in [2.05, 4.69) is 43.7 Å². The van der Waals surface area contributed by atoms with Gasteiger partial charge in [-0.25, -0.2) is 0 Å². The highest BCUT2D eigenvalue weighted by Crippen LogP contribution is 2.33. The van der Waals surface area contributed by atoms with E-state index in [0.717, 1.165) is 33.9 Å². The van der Waals surface area contributed by atoms with Crippen LogP contribution in [0.15, 0.2) is 19.6 Å². The van der Waals surface area contributed by atoms with Crippen molar-refractivity contribution >= 4 is 31.9 Å². The molecule has 0 saturated carbocycles. The van der Waals surface area contributed by atoms with Crippen molar-refractivity contribution < 1.29 is 4.42 Å². The SMILES string of the molecule is CC1CCCN(C(CN)c2cc(Br)c(Br)o2)C1. The normalized spacial score (nSPS) is 23.9. The molecule has 5 heteroatoms. The Morgan fingerprint density at radius 2 is 2.35 bits per heavy atom. The Kier molecular flexibility index (Phi) is 4.69. The average molecular weight is 366 g/mol. The second-order valence-electron chi connectivity index (χ2n) is 4.76. The summed E-state index contributed by atoms with van der Waals surface area (Å²) in [4.78, 5) is 2.44. The molecule has 1 aromatic heterocycles. The third kappa shape index (κ3) is 3.13. The number of piperidine rings is 1. The number of hydrogen-bond acceptors (Lipinski definition) is 3. The molecular formula is C12H18Br2N2O. The van der Waals surface area contributed by atoms with Gasteiger partial charge in [0.15, 0.2) is 4.67 Å². The van der Waals surface area contributed by atoms with E-state index >= 15 is 0 Å². The fourth-order valence-corrected chi connectivity index (χ4v) is 3.09. The topological polar surface area (TPSA) is 42.4 Å². The molecule has 0 amide bonds. The minimum Gasteiger partial charge on any atom is -0.451 e. The van der Waals surface area contributed by atoms with Gasteiger partial charge in [0.05, 0.1) is 10.5 Å². The Labute approximate surface area is 119 Å². The molecule has 0 aromatic carbocycles. The van der Waals surface area contributed by atoms with E-state index < -0.39 is 0 Å². The van der Waals surface area contributed by atoms with Gasteiger partial charge in [-0.05, 0) is 63.2 Å². The molecule has 0 spiro atoms. The smallest absolute Gasteiger partial charge is 0.183 e.